The van der Waals surface area contributed by atoms with E-state index in [2.05, 4.69) is 26.5 Å². The van der Waals surface area contributed by atoms with Crippen LogP contribution in [-0.2, 0) is 19.9 Å². The van der Waals surface area contributed by atoms with Crippen molar-refractivity contribution in [2.45, 2.75) is 25.8 Å². The molecule has 0 fully saturated rings. The molecule has 1 atom stereocenters. The zero-order valence-electron chi connectivity index (χ0n) is 11.8. The number of nitrogens with two attached hydrogens (primary N) is 1. The predicted octanol–water partition coefficient (Wildman–Crippen LogP) is 3.80. The second-order valence-corrected chi connectivity index (χ2v) is 6.47. The summed E-state index contributed by atoms with van der Waals surface area (Å²) in [5.74, 6) is 5.71. The number of hydrogen-bond acceptors (Lipinski definition) is 3. The Balaban J connectivity index is 2.36. The molecule has 0 aliphatic heterocycles. The summed E-state index contributed by atoms with van der Waals surface area (Å²) in [5.41, 5.74) is 5.56. The molecule has 0 aliphatic rings. The maximum Gasteiger partial charge on any atom is 0.0850 e. The minimum absolute atomic E-state index is 0.146. The van der Waals surface area contributed by atoms with E-state index < -0.39 is 0 Å². The summed E-state index contributed by atoms with van der Waals surface area (Å²) < 4.78 is 2.75. The fraction of sp³-hybridized carbons (Fsp3) is 0.357. The van der Waals surface area contributed by atoms with Gasteiger partial charge in [-0.05, 0) is 30.2 Å². The Morgan fingerprint density at radius 3 is 2.71 bits per heavy atom. The number of halogens is 3. The lowest BCUT2D eigenvalue weighted by atomic mass is 10.0. The van der Waals surface area contributed by atoms with Gasteiger partial charge in [-0.15, -0.1) is 0 Å². The molecule has 1 heterocycles. The summed E-state index contributed by atoms with van der Waals surface area (Å²) in [6, 6.07) is 5.55. The first kappa shape index (κ1) is 16.8. The van der Waals surface area contributed by atoms with E-state index in [1.807, 2.05) is 32.2 Å². The number of hydrogen-bond donors (Lipinski definition) is 2. The fourth-order valence-corrected chi connectivity index (χ4v) is 3.27. The van der Waals surface area contributed by atoms with Crippen molar-refractivity contribution in [2.24, 2.45) is 12.9 Å². The van der Waals surface area contributed by atoms with Gasteiger partial charge in [0.2, 0.25) is 0 Å². The molecule has 1 aromatic carbocycles. The fourth-order valence-electron chi connectivity index (χ4n) is 2.28. The molecule has 21 heavy (non-hydrogen) atoms. The van der Waals surface area contributed by atoms with Gasteiger partial charge in [0.1, 0.15) is 0 Å². The topological polar surface area (TPSA) is 55.9 Å². The van der Waals surface area contributed by atoms with Gasteiger partial charge in [-0.25, -0.2) is 0 Å². The smallest absolute Gasteiger partial charge is 0.0850 e. The van der Waals surface area contributed by atoms with Crippen LogP contribution in [0.2, 0.25) is 10.0 Å². The maximum atomic E-state index is 6.40. The molecule has 3 N–H and O–H groups in total. The minimum Gasteiger partial charge on any atom is -0.271 e. The van der Waals surface area contributed by atoms with Crippen LogP contribution in [0.4, 0.5) is 0 Å². The Morgan fingerprint density at radius 1 is 1.43 bits per heavy atom. The van der Waals surface area contributed by atoms with E-state index >= 15 is 0 Å². The van der Waals surface area contributed by atoms with E-state index in [0.717, 1.165) is 27.8 Å². The molecule has 114 valence electrons. The van der Waals surface area contributed by atoms with Crippen molar-refractivity contribution in [3.05, 3.63) is 49.7 Å². The van der Waals surface area contributed by atoms with E-state index in [4.69, 9.17) is 29.0 Å². The summed E-state index contributed by atoms with van der Waals surface area (Å²) in [6.45, 7) is 2.03. The molecule has 0 spiro atoms. The number of aromatic nitrogens is 2. The zero-order valence-corrected chi connectivity index (χ0v) is 14.9. The normalized spacial score (nSPS) is 12.7. The summed E-state index contributed by atoms with van der Waals surface area (Å²) in [5, 5.41) is 5.79. The molecule has 0 radical (unpaired) electrons. The first-order chi connectivity index (χ1) is 9.97. The molecule has 0 aliphatic carbocycles. The van der Waals surface area contributed by atoms with Crippen LogP contribution in [0.3, 0.4) is 0 Å². The third-order valence-corrected chi connectivity index (χ3v) is 4.71. The second-order valence-electron chi connectivity index (χ2n) is 4.77. The van der Waals surface area contributed by atoms with Gasteiger partial charge in [0, 0.05) is 23.0 Å². The van der Waals surface area contributed by atoms with Gasteiger partial charge in [0.15, 0.2) is 0 Å². The van der Waals surface area contributed by atoms with Gasteiger partial charge in [0.25, 0.3) is 0 Å². The van der Waals surface area contributed by atoms with Crippen molar-refractivity contribution in [3.63, 3.8) is 0 Å². The average Bonchev–Trinajstić information content (AvgIpc) is 2.74. The number of nitrogens with one attached hydrogen (secondary N) is 1. The summed E-state index contributed by atoms with van der Waals surface area (Å²) in [6.07, 6.45) is 1.40. The van der Waals surface area contributed by atoms with Crippen molar-refractivity contribution in [1.82, 2.24) is 15.2 Å². The highest BCUT2D eigenvalue weighted by Crippen LogP contribution is 2.31. The van der Waals surface area contributed by atoms with Crippen LogP contribution in [0.1, 0.15) is 29.9 Å². The number of rotatable bonds is 5. The molecule has 1 aromatic heterocycles. The van der Waals surface area contributed by atoms with Crippen molar-refractivity contribution >= 4 is 39.1 Å². The molecule has 0 saturated heterocycles. The standard InChI is InChI=1S/C14H17BrCl2N4/c1-3-11-14(17)13(21(2)20-11)7-12(19-18)9-6-8(15)4-5-10(9)16/h4-6,12,19H,3,7,18H2,1-2H3. The third-order valence-electron chi connectivity index (χ3n) is 3.44. The second kappa shape index (κ2) is 7.11. The van der Waals surface area contributed by atoms with E-state index in [9.17, 15) is 0 Å². The van der Waals surface area contributed by atoms with E-state index in [-0.39, 0.29) is 6.04 Å². The third kappa shape index (κ3) is 3.60. The largest absolute Gasteiger partial charge is 0.271 e. The van der Waals surface area contributed by atoms with Crippen LogP contribution >= 0.6 is 39.1 Å². The quantitative estimate of drug-likeness (QED) is 0.602. The lowest BCUT2D eigenvalue weighted by molar-refractivity contribution is 0.530. The van der Waals surface area contributed by atoms with Gasteiger partial charge in [0.05, 0.1) is 22.5 Å². The number of aryl methyl sites for hydroxylation is 2. The molecule has 2 rings (SSSR count). The molecule has 0 bridgehead atoms. The van der Waals surface area contributed by atoms with E-state index in [0.29, 0.717) is 16.5 Å². The van der Waals surface area contributed by atoms with Crippen molar-refractivity contribution in [2.75, 3.05) is 0 Å². The van der Waals surface area contributed by atoms with Crippen LogP contribution in [0.25, 0.3) is 0 Å². The Bertz CT molecular complexity index is 642. The van der Waals surface area contributed by atoms with Crippen LogP contribution in [-0.4, -0.2) is 9.78 Å². The summed E-state index contributed by atoms with van der Waals surface area (Å²) in [7, 11) is 1.89. The van der Waals surface area contributed by atoms with E-state index in [1.165, 1.54) is 0 Å². The van der Waals surface area contributed by atoms with Crippen LogP contribution in [0.15, 0.2) is 22.7 Å². The summed E-state index contributed by atoms with van der Waals surface area (Å²) >= 11 is 16.1. The van der Waals surface area contributed by atoms with Gasteiger partial charge in [-0.2, -0.15) is 5.10 Å². The van der Waals surface area contributed by atoms with Crippen LogP contribution in [0, 0.1) is 0 Å². The maximum absolute atomic E-state index is 6.40. The highest BCUT2D eigenvalue weighted by Gasteiger charge is 2.20. The van der Waals surface area contributed by atoms with Gasteiger partial charge in [-0.3, -0.25) is 16.0 Å². The predicted molar refractivity (Wildman–Crippen MR) is 90.5 cm³/mol. The van der Waals surface area contributed by atoms with E-state index in [1.54, 1.807) is 4.68 Å². The molecular formula is C14H17BrCl2N4. The zero-order chi connectivity index (χ0) is 15.6. The number of benzene rings is 1. The van der Waals surface area contributed by atoms with Crippen molar-refractivity contribution in [1.29, 1.82) is 0 Å². The number of nitrogens with zero attached hydrogens (tertiary/aromatic N) is 2. The van der Waals surface area contributed by atoms with Crippen molar-refractivity contribution < 1.29 is 0 Å². The first-order valence-corrected chi connectivity index (χ1v) is 8.14. The first-order valence-electron chi connectivity index (χ1n) is 6.59. The highest BCUT2D eigenvalue weighted by molar-refractivity contribution is 9.10. The highest BCUT2D eigenvalue weighted by atomic mass is 79.9. The molecule has 2 aromatic rings. The van der Waals surface area contributed by atoms with Gasteiger partial charge < -0.3 is 0 Å². The van der Waals surface area contributed by atoms with Gasteiger partial charge >= 0.3 is 0 Å². The summed E-state index contributed by atoms with van der Waals surface area (Å²) in [4.78, 5) is 0. The van der Waals surface area contributed by atoms with Crippen LogP contribution < -0.4 is 11.3 Å². The average molecular weight is 392 g/mol. The van der Waals surface area contributed by atoms with Gasteiger partial charge in [-0.1, -0.05) is 46.1 Å². The monoisotopic (exact) mass is 390 g/mol. The lowest BCUT2D eigenvalue weighted by Crippen LogP contribution is -2.30. The molecule has 0 amide bonds. The Hall–Kier alpha value is -0.590. The Kier molecular flexibility index (Phi) is 5.68. The lowest BCUT2D eigenvalue weighted by Gasteiger charge is -2.18. The van der Waals surface area contributed by atoms with Crippen molar-refractivity contribution in [3.8, 4) is 0 Å². The number of hydrazine groups is 1. The molecular weight excluding hydrogens is 375 g/mol. The molecule has 0 saturated carbocycles. The Morgan fingerprint density at radius 2 is 2.14 bits per heavy atom. The SMILES string of the molecule is CCc1nn(C)c(CC(NN)c2cc(Br)ccc2Cl)c1Cl. The molecule has 4 nitrogen and oxygen atoms in total. The minimum atomic E-state index is -0.146. The van der Waals surface area contributed by atoms with Crippen LogP contribution in [0.5, 0.6) is 0 Å². The Labute approximate surface area is 142 Å². The molecule has 7 heteroatoms. The molecule has 1 unspecified atom stereocenters.